The number of nitrogens with two attached hydrogens (primary N) is 1. The van der Waals surface area contributed by atoms with Crippen LogP contribution < -0.4 is 10.5 Å². The third-order valence-electron chi connectivity index (χ3n) is 3.47. The van der Waals surface area contributed by atoms with Crippen LogP contribution in [-0.2, 0) is 10.3 Å². The lowest BCUT2D eigenvalue weighted by Gasteiger charge is -2.31. The number of hydrogen-bond acceptors (Lipinski definition) is 3. The summed E-state index contributed by atoms with van der Waals surface area (Å²) in [5.74, 6) is 1.24. The molecule has 0 radical (unpaired) electrons. The van der Waals surface area contributed by atoms with Crippen molar-refractivity contribution in [2.45, 2.75) is 18.9 Å². The van der Waals surface area contributed by atoms with Gasteiger partial charge >= 0.3 is 0 Å². The summed E-state index contributed by atoms with van der Waals surface area (Å²) in [6.45, 7) is 3.65. The van der Waals surface area contributed by atoms with Gasteiger partial charge in [0.05, 0.1) is 13.7 Å². The first-order valence-electron chi connectivity index (χ1n) is 5.65. The molecule has 0 bridgehead atoms. The first-order chi connectivity index (χ1) is 7.64. The van der Waals surface area contributed by atoms with Gasteiger partial charge in [0, 0.05) is 18.1 Å². The fraction of sp³-hybridized carbons (Fsp3) is 0.538. The van der Waals surface area contributed by atoms with Crippen LogP contribution in [0.4, 0.5) is 0 Å². The summed E-state index contributed by atoms with van der Waals surface area (Å²) in [4.78, 5) is 0. The second-order valence-electron chi connectivity index (χ2n) is 4.58. The molecule has 0 saturated carbocycles. The summed E-state index contributed by atoms with van der Waals surface area (Å²) in [5, 5.41) is 0. The molecule has 0 spiro atoms. The third-order valence-corrected chi connectivity index (χ3v) is 3.47. The van der Waals surface area contributed by atoms with Gasteiger partial charge in [0.15, 0.2) is 0 Å². The molecule has 2 unspecified atom stereocenters. The number of hydrogen-bond donors (Lipinski definition) is 1. The van der Waals surface area contributed by atoms with Gasteiger partial charge in [-0.3, -0.25) is 0 Å². The number of methoxy groups -OCH3 is 1. The second-order valence-corrected chi connectivity index (χ2v) is 4.58. The van der Waals surface area contributed by atoms with E-state index in [1.54, 1.807) is 7.11 Å². The molecule has 3 heteroatoms. The standard InChI is InChI=1S/C13H19NO2/c1-13(14,11-6-7-16-9-11)10-4-3-5-12(8-10)15-2/h3-5,8,11H,6-7,9,14H2,1-2H3. The van der Waals surface area contributed by atoms with Crippen molar-refractivity contribution < 1.29 is 9.47 Å². The van der Waals surface area contributed by atoms with Crippen LogP contribution in [0.2, 0.25) is 0 Å². The summed E-state index contributed by atoms with van der Waals surface area (Å²) < 4.78 is 10.6. The lowest BCUT2D eigenvalue weighted by atomic mass is 9.80. The van der Waals surface area contributed by atoms with E-state index in [0.29, 0.717) is 5.92 Å². The highest BCUT2D eigenvalue weighted by atomic mass is 16.5. The van der Waals surface area contributed by atoms with Crippen molar-refractivity contribution in [1.29, 1.82) is 0 Å². The number of benzene rings is 1. The minimum absolute atomic E-state index is 0.342. The Morgan fingerprint density at radius 3 is 2.94 bits per heavy atom. The van der Waals surface area contributed by atoms with E-state index in [4.69, 9.17) is 15.2 Å². The van der Waals surface area contributed by atoms with Crippen molar-refractivity contribution in [3.8, 4) is 5.75 Å². The van der Waals surface area contributed by atoms with Crippen LogP contribution in [0, 0.1) is 5.92 Å². The molecule has 1 heterocycles. The first kappa shape index (κ1) is 11.4. The Kier molecular flexibility index (Phi) is 3.17. The van der Waals surface area contributed by atoms with E-state index in [-0.39, 0.29) is 5.54 Å². The van der Waals surface area contributed by atoms with Gasteiger partial charge in [-0.1, -0.05) is 12.1 Å². The predicted molar refractivity (Wildman–Crippen MR) is 63.5 cm³/mol. The molecule has 2 N–H and O–H groups in total. The molecule has 0 aliphatic carbocycles. The monoisotopic (exact) mass is 221 g/mol. The molecule has 1 aliphatic rings. The van der Waals surface area contributed by atoms with Gasteiger partial charge in [0.1, 0.15) is 5.75 Å². The molecular formula is C13H19NO2. The minimum Gasteiger partial charge on any atom is -0.497 e. The summed E-state index contributed by atoms with van der Waals surface area (Å²) in [6, 6.07) is 7.99. The topological polar surface area (TPSA) is 44.5 Å². The normalized spacial score (nSPS) is 24.1. The van der Waals surface area contributed by atoms with Crippen LogP contribution in [0.5, 0.6) is 5.75 Å². The van der Waals surface area contributed by atoms with Crippen LogP contribution >= 0.6 is 0 Å². The molecule has 1 aromatic carbocycles. The largest absolute Gasteiger partial charge is 0.497 e. The molecule has 1 saturated heterocycles. The van der Waals surface area contributed by atoms with Crippen LogP contribution in [0.25, 0.3) is 0 Å². The molecular weight excluding hydrogens is 202 g/mol. The fourth-order valence-electron chi connectivity index (χ4n) is 2.20. The quantitative estimate of drug-likeness (QED) is 0.848. The number of rotatable bonds is 3. The molecule has 2 atom stereocenters. The van der Waals surface area contributed by atoms with E-state index in [2.05, 4.69) is 13.0 Å². The zero-order chi connectivity index (χ0) is 11.6. The Bertz CT molecular complexity index is 357. The zero-order valence-corrected chi connectivity index (χ0v) is 9.90. The maximum Gasteiger partial charge on any atom is 0.119 e. The lowest BCUT2D eigenvalue weighted by Crippen LogP contribution is -2.41. The Morgan fingerprint density at radius 1 is 1.50 bits per heavy atom. The van der Waals surface area contributed by atoms with E-state index in [0.717, 1.165) is 30.9 Å². The summed E-state index contributed by atoms with van der Waals surface area (Å²) >= 11 is 0. The molecule has 16 heavy (non-hydrogen) atoms. The molecule has 0 aromatic heterocycles. The van der Waals surface area contributed by atoms with Gasteiger partial charge in [0.2, 0.25) is 0 Å². The van der Waals surface area contributed by atoms with Gasteiger partial charge in [-0.15, -0.1) is 0 Å². The smallest absolute Gasteiger partial charge is 0.119 e. The Balaban J connectivity index is 2.26. The van der Waals surface area contributed by atoms with Crippen molar-refractivity contribution in [1.82, 2.24) is 0 Å². The minimum atomic E-state index is -0.342. The maximum absolute atomic E-state index is 6.43. The molecule has 88 valence electrons. The Hall–Kier alpha value is -1.06. The predicted octanol–water partition coefficient (Wildman–Crippen LogP) is 1.91. The van der Waals surface area contributed by atoms with Crippen molar-refractivity contribution >= 4 is 0 Å². The SMILES string of the molecule is COc1cccc(C(C)(N)C2CCOC2)c1. The molecule has 1 aromatic rings. The van der Waals surface area contributed by atoms with E-state index in [9.17, 15) is 0 Å². The Labute approximate surface area is 96.5 Å². The Morgan fingerprint density at radius 2 is 2.31 bits per heavy atom. The van der Waals surface area contributed by atoms with Gasteiger partial charge in [0.25, 0.3) is 0 Å². The van der Waals surface area contributed by atoms with Gasteiger partial charge < -0.3 is 15.2 Å². The summed E-state index contributed by atoms with van der Waals surface area (Å²) in [7, 11) is 1.67. The van der Waals surface area contributed by atoms with Crippen LogP contribution in [0.1, 0.15) is 18.9 Å². The highest BCUT2D eigenvalue weighted by Crippen LogP contribution is 2.33. The van der Waals surface area contributed by atoms with E-state index in [1.165, 1.54) is 0 Å². The van der Waals surface area contributed by atoms with E-state index < -0.39 is 0 Å². The second kappa shape index (κ2) is 4.44. The van der Waals surface area contributed by atoms with Crippen LogP contribution in [-0.4, -0.2) is 20.3 Å². The zero-order valence-electron chi connectivity index (χ0n) is 9.90. The summed E-state index contributed by atoms with van der Waals surface area (Å²) in [5.41, 5.74) is 7.20. The molecule has 1 fully saturated rings. The first-order valence-corrected chi connectivity index (χ1v) is 5.65. The van der Waals surface area contributed by atoms with E-state index >= 15 is 0 Å². The molecule has 2 rings (SSSR count). The molecule has 0 amide bonds. The van der Waals surface area contributed by atoms with Crippen LogP contribution in [0.3, 0.4) is 0 Å². The van der Waals surface area contributed by atoms with Crippen molar-refractivity contribution in [2.24, 2.45) is 11.7 Å². The highest BCUT2D eigenvalue weighted by molar-refractivity contribution is 5.33. The molecule has 3 nitrogen and oxygen atoms in total. The van der Waals surface area contributed by atoms with Crippen molar-refractivity contribution in [3.63, 3.8) is 0 Å². The highest BCUT2D eigenvalue weighted by Gasteiger charge is 2.34. The van der Waals surface area contributed by atoms with Gasteiger partial charge in [-0.25, -0.2) is 0 Å². The average Bonchev–Trinajstić information content (AvgIpc) is 2.83. The third kappa shape index (κ3) is 2.06. The van der Waals surface area contributed by atoms with E-state index in [1.807, 2.05) is 18.2 Å². The fourth-order valence-corrected chi connectivity index (χ4v) is 2.20. The maximum atomic E-state index is 6.43. The van der Waals surface area contributed by atoms with Crippen molar-refractivity contribution in [2.75, 3.05) is 20.3 Å². The molecule has 1 aliphatic heterocycles. The average molecular weight is 221 g/mol. The van der Waals surface area contributed by atoms with Crippen LogP contribution in [0.15, 0.2) is 24.3 Å². The number of ether oxygens (including phenoxy) is 2. The van der Waals surface area contributed by atoms with Gasteiger partial charge in [-0.05, 0) is 31.0 Å². The van der Waals surface area contributed by atoms with Gasteiger partial charge in [-0.2, -0.15) is 0 Å². The van der Waals surface area contributed by atoms with Crippen molar-refractivity contribution in [3.05, 3.63) is 29.8 Å². The summed E-state index contributed by atoms with van der Waals surface area (Å²) in [6.07, 6.45) is 1.03. The lowest BCUT2D eigenvalue weighted by molar-refractivity contribution is 0.166.